The highest BCUT2D eigenvalue weighted by Crippen LogP contribution is 2.22. The first-order valence-corrected chi connectivity index (χ1v) is 14.7. The first kappa shape index (κ1) is 36.2. The minimum absolute atomic E-state index is 0.102. The molecule has 9 heteroatoms. The number of hydrogen-bond donors (Lipinski definition) is 4. The van der Waals surface area contributed by atoms with Gasteiger partial charge in [-0.2, -0.15) is 0 Å². The number of carbonyl (C=O) groups excluding carboxylic acids is 1. The molecule has 9 nitrogen and oxygen atoms in total. The number of esters is 1. The molecular weight excluding hydrogens is 516 g/mol. The van der Waals surface area contributed by atoms with Gasteiger partial charge in [0, 0.05) is 13.0 Å². The first-order chi connectivity index (χ1) is 19.4. The van der Waals surface area contributed by atoms with E-state index in [4.69, 9.17) is 18.9 Å². The van der Waals surface area contributed by atoms with Gasteiger partial charge in [0.25, 0.3) is 0 Å². The normalized spacial score (nSPS) is 24.6. The zero-order valence-corrected chi connectivity index (χ0v) is 24.3. The first-order valence-electron chi connectivity index (χ1n) is 14.7. The molecule has 0 bridgehead atoms. The Bertz CT molecular complexity index is 747. The summed E-state index contributed by atoms with van der Waals surface area (Å²) in [7, 11) is 0. The number of rotatable bonds is 22. The summed E-state index contributed by atoms with van der Waals surface area (Å²) in [4.78, 5) is 12.3. The van der Waals surface area contributed by atoms with Crippen molar-refractivity contribution in [2.75, 3.05) is 26.4 Å². The molecule has 0 aromatic rings. The Morgan fingerprint density at radius 2 is 1.48 bits per heavy atom. The summed E-state index contributed by atoms with van der Waals surface area (Å²) in [5.41, 5.74) is 0. The van der Waals surface area contributed by atoms with Crippen LogP contribution in [0.15, 0.2) is 48.6 Å². The standard InChI is InChI=1S/C31H52O9/c1-3-5-7-8-9-10-11-12-13-14-15-16-17-19-21-37-23-25(39-27(33)20-18-6-4-2)24-38-31-30(36)29(35)28(34)26(22-32)40-31/h5,7,9-10,12-13,15-16,25-26,28-32,34-36H,3-4,6,8,11,14,17-24H2,1-2H3/b7-5-,10-9-,13-12-,16-15-. The topological polar surface area (TPSA) is 135 Å². The zero-order chi connectivity index (χ0) is 29.4. The minimum Gasteiger partial charge on any atom is -0.457 e. The van der Waals surface area contributed by atoms with Gasteiger partial charge in [-0.3, -0.25) is 4.79 Å². The van der Waals surface area contributed by atoms with Crippen LogP contribution in [0.25, 0.3) is 0 Å². The maximum Gasteiger partial charge on any atom is 0.306 e. The third kappa shape index (κ3) is 16.4. The molecule has 0 amide bonds. The van der Waals surface area contributed by atoms with Gasteiger partial charge in [-0.1, -0.05) is 75.3 Å². The summed E-state index contributed by atoms with van der Waals surface area (Å²) in [6.07, 6.45) is 18.1. The molecule has 1 aliphatic rings. The molecule has 0 saturated carbocycles. The third-order valence-electron chi connectivity index (χ3n) is 6.26. The number of unbranched alkanes of at least 4 members (excludes halogenated alkanes) is 3. The van der Waals surface area contributed by atoms with E-state index in [-0.39, 0.29) is 25.6 Å². The molecule has 0 radical (unpaired) electrons. The molecule has 0 aromatic carbocycles. The van der Waals surface area contributed by atoms with Gasteiger partial charge < -0.3 is 39.4 Å². The number of ether oxygens (including phenoxy) is 4. The van der Waals surface area contributed by atoms with Crippen molar-refractivity contribution in [3.63, 3.8) is 0 Å². The third-order valence-corrected chi connectivity index (χ3v) is 6.26. The van der Waals surface area contributed by atoms with E-state index in [9.17, 15) is 25.2 Å². The van der Waals surface area contributed by atoms with Crippen molar-refractivity contribution in [2.24, 2.45) is 0 Å². The van der Waals surface area contributed by atoms with E-state index in [2.05, 4.69) is 62.5 Å². The van der Waals surface area contributed by atoms with Crippen LogP contribution < -0.4 is 0 Å². The Morgan fingerprint density at radius 1 is 0.825 bits per heavy atom. The Hall–Kier alpha value is -1.85. The predicted molar refractivity (Wildman–Crippen MR) is 154 cm³/mol. The van der Waals surface area contributed by atoms with Crippen LogP contribution in [0, 0.1) is 0 Å². The van der Waals surface area contributed by atoms with Crippen LogP contribution in [0.2, 0.25) is 0 Å². The molecule has 1 fully saturated rings. The molecule has 6 unspecified atom stereocenters. The number of hydrogen-bond acceptors (Lipinski definition) is 9. The van der Waals surface area contributed by atoms with Crippen molar-refractivity contribution >= 4 is 5.97 Å². The molecular formula is C31H52O9. The van der Waals surface area contributed by atoms with Crippen molar-refractivity contribution in [3.8, 4) is 0 Å². The van der Waals surface area contributed by atoms with Crippen molar-refractivity contribution in [3.05, 3.63) is 48.6 Å². The summed E-state index contributed by atoms with van der Waals surface area (Å²) in [6, 6.07) is 0. The van der Waals surface area contributed by atoms with Crippen LogP contribution in [0.4, 0.5) is 0 Å². The summed E-state index contributed by atoms with van der Waals surface area (Å²) in [6.45, 7) is 4.06. The summed E-state index contributed by atoms with van der Waals surface area (Å²) in [5.74, 6) is -0.362. The van der Waals surface area contributed by atoms with Gasteiger partial charge in [0.1, 0.15) is 30.5 Å². The molecule has 230 valence electrons. The molecule has 1 aliphatic heterocycles. The van der Waals surface area contributed by atoms with Crippen molar-refractivity contribution in [1.29, 1.82) is 0 Å². The Kier molecular flexibility index (Phi) is 21.5. The monoisotopic (exact) mass is 568 g/mol. The maximum absolute atomic E-state index is 12.3. The Morgan fingerprint density at radius 3 is 2.10 bits per heavy atom. The van der Waals surface area contributed by atoms with Gasteiger partial charge in [-0.25, -0.2) is 0 Å². The smallest absolute Gasteiger partial charge is 0.306 e. The van der Waals surface area contributed by atoms with Crippen LogP contribution in [-0.4, -0.2) is 89.6 Å². The van der Waals surface area contributed by atoms with E-state index in [1.54, 1.807) is 0 Å². The van der Waals surface area contributed by atoms with E-state index in [0.29, 0.717) is 6.61 Å². The van der Waals surface area contributed by atoms with E-state index >= 15 is 0 Å². The molecule has 0 aromatic heterocycles. The van der Waals surface area contributed by atoms with Crippen LogP contribution >= 0.6 is 0 Å². The van der Waals surface area contributed by atoms with Crippen LogP contribution in [0.3, 0.4) is 0 Å². The second kappa shape index (κ2) is 23.8. The van der Waals surface area contributed by atoms with Crippen LogP contribution in [0.1, 0.15) is 78.1 Å². The van der Waals surface area contributed by atoms with Gasteiger partial charge in [-0.15, -0.1) is 0 Å². The summed E-state index contributed by atoms with van der Waals surface area (Å²) >= 11 is 0. The lowest BCUT2D eigenvalue weighted by Crippen LogP contribution is -2.59. The average Bonchev–Trinajstić information content (AvgIpc) is 2.95. The summed E-state index contributed by atoms with van der Waals surface area (Å²) < 4.78 is 22.2. The van der Waals surface area contributed by atoms with Gasteiger partial charge in [0.15, 0.2) is 6.29 Å². The fourth-order valence-corrected chi connectivity index (χ4v) is 3.90. The highest BCUT2D eigenvalue weighted by molar-refractivity contribution is 5.69. The lowest BCUT2D eigenvalue weighted by Gasteiger charge is -2.39. The second-order valence-corrected chi connectivity index (χ2v) is 9.82. The maximum atomic E-state index is 12.3. The van der Waals surface area contributed by atoms with Gasteiger partial charge in [0.2, 0.25) is 0 Å². The number of aliphatic hydroxyl groups is 4. The molecule has 0 aliphatic carbocycles. The molecule has 1 saturated heterocycles. The Balaban J connectivity index is 2.38. The highest BCUT2D eigenvalue weighted by atomic mass is 16.7. The number of carbonyl (C=O) groups is 1. The fourth-order valence-electron chi connectivity index (χ4n) is 3.90. The van der Waals surface area contributed by atoms with Gasteiger partial charge in [0.05, 0.1) is 19.8 Å². The molecule has 6 atom stereocenters. The number of aliphatic hydroxyl groups excluding tert-OH is 4. The lowest BCUT2D eigenvalue weighted by atomic mass is 9.99. The zero-order valence-electron chi connectivity index (χ0n) is 24.3. The van der Waals surface area contributed by atoms with Crippen molar-refractivity contribution in [2.45, 2.75) is 115 Å². The molecule has 0 spiro atoms. The van der Waals surface area contributed by atoms with E-state index in [1.165, 1.54) is 0 Å². The SMILES string of the molecule is CC/C=C\C/C=C\C/C=C\C/C=C\CCCOCC(COC1OC(CO)C(O)C(O)C1O)OC(=O)CCCCC. The largest absolute Gasteiger partial charge is 0.457 e. The molecule has 1 rings (SSSR count). The molecule has 40 heavy (non-hydrogen) atoms. The van der Waals surface area contributed by atoms with Crippen LogP contribution in [0.5, 0.6) is 0 Å². The Labute approximate surface area is 240 Å². The quantitative estimate of drug-likeness (QED) is 0.0871. The second-order valence-electron chi connectivity index (χ2n) is 9.82. The van der Waals surface area contributed by atoms with E-state index in [0.717, 1.165) is 57.8 Å². The fraction of sp³-hybridized carbons (Fsp3) is 0.710. The molecule has 4 N–H and O–H groups in total. The van der Waals surface area contributed by atoms with Gasteiger partial charge >= 0.3 is 5.97 Å². The van der Waals surface area contributed by atoms with Crippen molar-refractivity contribution in [1.82, 2.24) is 0 Å². The highest BCUT2D eigenvalue weighted by Gasteiger charge is 2.44. The van der Waals surface area contributed by atoms with Gasteiger partial charge in [-0.05, 0) is 44.9 Å². The van der Waals surface area contributed by atoms with E-state index in [1.807, 2.05) is 0 Å². The molecule has 1 heterocycles. The summed E-state index contributed by atoms with van der Waals surface area (Å²) in [5, 5.41) is 39.4. The average molecular weight is 569 g/mol. The van der Waals surface area contributed by atoms with Crippen molar-refractivity contribution < 1.29 is 44.2 Å². The van der Waals surface area contributed by atoms with E-state index < -0.39 is 43.4 Å². The number of allylic oxidation sites excluding steroid dienone is 8. The lowest BCUT2D eigenvalue weighted by molar-refractivity contribution is -0.305. The predicted octanol–water partition coefficient (Wildman–Crippen LogP) is 3.90. The minimum atomic E-state index is -1.54. The van der Waals surface area contributed by atoms with Crippen LogP contribution in [-0.2, 0) is 23.7 Å².